The van der Waals surface area contributed by atoms with Gasteiger partial charge in [0.05, 0.1) is 21.4 Å². The Kier molecular flexibility index (Phi) is 6.04. The highest BCUT2D eigenvalue weighted by atomic mass is 35.5. The van der Waals surface area contributed by atoms with Gasteiger partial charge in [0.15, 0.2) is 0 Å². The molecule has 3 aromatic carbocycles. The molecule has 1 aliphatic rings. The molecule has 5 nitrogen and oxygen atoms in total. The highest BCUT2D eigenvalue weighted by Gasteiger charge is 2.46. The Morgan fingerprint density at radius 1 is 0.781 bits per heavy atom. The van der Waals surface area contributed by atoms with Crippen molar-refractivity contribution in [3.05, 3.63) is 94.0 Å². The number of carbonyl (C=O) groups is 3. The third-order valence-corrected chi connectivity index (χ3v) is 6.09. The van der Waals surface area contributed by atoms with E-state index in [0.717, 1.165) is 4.90 Å². The monoisotopic (exact) mass is 466 g/mol. The normalized spacial score (nSPS) is 15.7. The van der Waals surface area contributed by atoms with E-state index in [1.165, 1.54) is 17.0 Å². The van der Waals surface area contributed by atoms with Gasteiger partial charge in [0.25, 0.3) is 17.7 Å². The van der Waals surface area contributed by atoms with Crippen molar-refractivity contribution in [1.82, 2.24) is 0 Å². The van der Waals surface area contributed by atoms with Gasteiger partial charge in [-0.1, -0.05) is 73.4 Å². The van der Waals surface area contributed by atoms with Gasteiger partial charge < -0.3 is 0 Å². The quantitative estimate of drug-likeness (QED) is 0.454. The number of hydrogen-bond donors (Lipinski definition) is 0. The van der Waals surface area contributed by atoms with Gasteiger partial charge in [-0.15, -0.1) is 0 Å². The first-order valence-corrected chi connectivity index (χ1v) is 10.9. The highest BCUT2D eigenvalue weighted by molar-refractivity contribution is 6.43. The maximum Gasteiger partial charge on any atom is 0.265 e. The van der Waals surface area contributed by atoms with Crippen molar-refractivity contribution in [3.63, 3.8) is 0 Å². The molecule has 32 heavy (non-hydrogen) atoms. The van der Waals surface area contributed by atoms with Crippen LogP contribution in [0.1, 0.15) is 34.6 Å². The van der Waals surface area contributed by atoms with E-state index < -0.39 is 17.9 Å². The van der Waals surface area contributed by atoms with Crippen molar-refractivity contribution in [2.75, 3.05) is 9.80 Å². The molecule has 7 heteroatoms. The van der Waals surface area contributed by atoms with Gasteiger partial charge in [-0.3, -0.25) is 19.3 Å². The van der Waals surface area contributed by atoms with Crippen molar-refractivity contribution in [3.8, 4) is 0 Å². The minimum Gasteiger partial charge on any atom is -0.293 e. The van der Waals surface area contributed by atoms with Crippen molar-refractivity contribution < 1.29 is 14.4 Å². The third kappa shape index (κ3) is 3.78. The second-order valence-corrected chi connectivity index (χ2v) is 8.64. The van der Waals surface area contributed by atoms with Gasteiger partial charge in [-0.05, 0) is 42.3 Å². The second-order valence-electron chi connectivity index (χ2n) is 7.83. The Hall–Kier alpha value is -3.15. The van der Waals surface area contributed by atoms with E-state index in [9.17, 15) is 14.4 Å². The number of halogens is 2. The van der Waals surface area contributed by atoms with Crippen molar-refractivity contribution in [2.45, 2.75) is 19.9 Å². The fraction of sp³-hybridized carbons (Fsp3) is 0.160. The zero-order valence-corrected chi connectivity index (χ0v) is 19.0. The number of hydrogen-bond acceptors (Lipinski definition) is 3. The molecule has 0 unspecified atom stereocenters. The van der Waals surface area contributed by atoms with Crippen LogP contribution in [0.5, 0.6) is 0 Å². The van der Waals surface area contributed by atoms with Gasteiger partial charge in [0.1, 0.15) is 6.04 Å². The molecule has 1 atom stereocenters. The predicted molar refractivity (Wildman–Crippen MR) is 127 cm³/mol. The summed E-state index contributed by atoms with van der Waals surface area (Å²) in [6.07, 6.45) is 0. The van der Waals surface area contributed by atoms with Crippen LogP contribution in [0.2, 0.25) is 10.0 Å². The third-order valence-electron chi connectivity index (χ3n) is 5.36. The van der Waals surface area contributed by atoms with Gasteiger partial charge in [0, 0.05) is 11.1 Å². The van der Waals surface area contributed by atoms with Crippen LogP contribution in [0.4, 0.5) is 11.4 Å². The summed E-state index contributed by atoms with van der Waals surface area (Å²) in [6, 6.07) is 19.3. The van der Waals surface area contributed by atoms with E-state index in [1.807, 2.05) is 19.9 Å². The molecule has 4 rings (SSSR count). The lowest BCUT2D eigenvalue weighted by atomic mass is 9.94. The first kappa shape index (κ1) is 22.1. The molecular formula is C25H20Cl2N2O3. The lowest BCUT2D eigenvalue weighted by molar-refractivity contribution is -0.120. The fourth-order valence-corrected chi connectivity index (χ4v) is 4.18. The molecule has 3 amide bonds. The number of amides is 3. The summed E-state index contributed by atoms with van der Waals surface area (Å²) in [7, 11) is 0. The zero-order chi connectivity index (χ0) is 23.0. The van der Waals surface area contributed by atoms with Crippen molar-refractivity contribution in [2.24, 2.45) is 5.92 Å². The molecule has 0 radical (unpaired) electrons. The summed E-state index contributed by atoms with van der Waals surface area (Å²) in [5.41, 5.74) is 1.35. The van der Waals surface area contributed by atoms with Crippen LogP contribution < -0.4 is 9.80 Å². The van der Waals surface area contributed by atoms with E-state index in [2.05, 4.69) is 0 Å². The molecule has 0 fully saturated rings. The number of fused-ring (bicyclic) bond motifs is 1. The summed E-state index contributed by atoms with van der Waals surface area (Å²) >= 11 is 12.6. The smallest absolute Gasteiger partial charge is 0.265 e. The van der Waals surface area contributed by atoms with Crippen LogP contribution in [0.15, 0.2) is 72.8 Å². The topological polar surface area (TPSA) is 57.7 Å². The van der Waals surface area contributed by atoms with Crippen molar-refractivity contribution in [1.29, 1.82) is 0 Å². The predicted octanol–water partition coefficient (Wildman–Crippen LogP) is 5.85. The summed E-state index contributed by atoms with van der Waals surface area (Å²) < 4.78 is 0. The Balaban J connectivity index is 1.94. The number of carbonyl (C=O) groups excluding carboxylic acids is 3. The van der Waals surface area contributed by atoms with Crippen LogP contribution >= 0.6 is 23.2 Å². The molecule has 0 bridgehead atoms. The number of rotatable bonds is 3. The van der Waals surface area contributed by atoms with Gasteiger partial charge >= 0.3 is 0 Å². The van der Waals surface area contributed by atoms with Crippen LogP contribution in [0.25, 0.3) is 0 Å². The first-order valence-electron chi connectivity index (χ1n) is 10.1. The number of benzene rings is 3. The number of anilines is 2. The summed E-state index contributed by atoms with van der Waals surface area (Å²) in [6.45, 7) is 3.67. The average molecular weight is 467 g/mol. The molecule has 1 aliphatic heterocycles. The Bertz CT molecular complexity index is 1200. The van der Waals surface area contributed by atoms with E-state index in [4.69, 9.17) is 23.2 Å². The number of imide groups is 1. The molecule has 3 aromatic rings. The zero-order valence-electron chi connectivity index (χ0n) is 17.5. The van der Waals surface area contributed by atoms with E-state index in [1.54, 1.807) is 54.6 Å². The summed E-state index contributed by atoms with van der Waals surface area (Å²) in [5.74, 6) is -1.62. The SMILES string of the molecule is CC(C)[C@@H]1C(=O)N(C(=O)c2ccccc2)c2cc(Cl)c(Cl)cc2N1C(=O)c1ccccc1. The minimum absolute atomic E-state index is 0.180. The Morgan fingerprint density at radius 2 is 1.25 bits per heavy atom. The standard InChI is InChI=1S/C25H20Cl2N2O3/c1-15(2)22-25(32)29(24(31)17-11-7-4-8-12-17)21-14-19(27)18(26)13-20(21)28(22)23(30)16-9-5-3-6-10-16/h3-15,22H,1-2H3/t22-/m1/s1. The second kappa shape index (κ2) is 8.77. The first-order chi connectivity index (χ1) is 15.3. The highest BCUT2D eigenvalue weighted by Crippen LogP contribution is 2.44. The van der Waals surface area contributed by atoms with E-state index in [0.29, 0.717) is 16.8 Å². The molecule has 0 aliphatic carbocycles. The Morgan fingerprint density at radius 3 is 1.75 bits per heavy atom. The lowest BCUT2D eigenvalue weighted by Gasteiger charge is -2.42. The summed E-state index contributed by atoms with van der Waals surface area (Å²) in [5, 5.41) is 0.402. The maximum absolute atomic E-state index is 13.7. The number of nitrogens with zero attached hydrogens (tertiary/aromatic N) is 2. The largest absolute Gasteiger partial charge is 0.293 e. The van der Waals surface area contributed by atoms with E-state index >= 15 is 0 Å². The molecular weight excluding hydrogens is 447 g/mol. The van der Waals surface area contributed by atoms with Gasteiger partial charge in [-0.2, -0.15) is 0 Å². The average Bonchev–Trinajstić information content (AvgIpc) is 2.79. The Labute approximate surface area is 196 Å². The van der Waals surface area contributed by atoms with E-state index in [-0.39, 0.29) is 27.6 Å². The van der Waals surface area contributed by atoms with Crippen LogP contribution in [0, 0.1) is 5.92 Å². The molecule has 0 aromatic heterocycles. The lowest BCUT2D eigenvalue weighted by Crippen LogP contribution is -2.59. The molecule has 162 valence electrons. The van der Waals surface area contributed by atoms with Crippen LogP contribution in [-0.4, -0.2) is 23.8 Å². The van der Waals surface area contributed by atoms with Gasteiger partial charge in [0.2, 0.25) is 0 Å². The minimum atomic E-state index is -0.903. The van der Waals surface area contributed by atoms with Gasteiger partial charge in [-0.25, -0.2) is 4.90 Å². The van der Waals surface area contributed by atoms with Crippen LogP contribution in [0.3, 0.4) is 0 Å². The molecule has 1 heterocycles. The maximum atomic E-state index is 13.7. The molecule has 0 N–H and O–H groups in total. The fourth-order valence-electron chi connectivity index (χ4n) is 3.87. The molecule has 0 saturated carbocycles. The summed E-state index contributed by atoms with van der Waals surface area (Å²) in [4.78, 5) is 43.2. The molecule has 0 spiro atoms. The molecule has 0 saturated heterocycles. The van der Waals surface area contributed by atoms with Crippen LogP contribution in [-0.2, 0) is 4.79 Å². The van der Waals surface area contributed by atoms with Crippen molar-refractivity contribution >= 4 is 52.3 Å².